The highest BCUT2D eigenvalue weighted by atomic mass is 123. The van der Waals surface area contributed by atoms with Gasteiger partial charge >= 0.3 is 0 Å². The molecule has 0 saturated heterocycles. The van der Waals surface area contributed by atoms with Crippen molar-refractivity contribution in [3.63, 3.8) is 0 Å². The van der Waals surface area contributed by atoms with Gasteiger partial charge in [-0.1, -0.05) is 31.2 Å². The summed E-state index contributed by atoms with van der Waals surface area (Å²) in [6, 6.07) is 10.4. The maximum Gasteiger partial charge on any atom is 0.227 e. The molecule has 0 saturated carbocycles. The van der Waals surface area contributed by atoms with Crippen molar-refractivity contribution in [3.8, 4) is 5.88 Å². The molecule has 0 radical (unpaired) electrons. The Morgan fingerprint density at radius 1 is 1.21 bits per heavy atom. The lowest BCUT2D eigenvalue weighted by Crippen LogP contribution is -2.13. The molecule has 0 aliphatic rings. The Bertz CT molecular complexity index is 684. The quantitative estimate of drug-likeness (QED) is 0.671. The summed E-state index contributed by atoms with van der Waals surface area (Å²) in [5, 5.41) is 9.04. The van der Waals surface area contributed by atoms with Gasteiger partial charge in [-0.15, -0.1) is 0 Å². The van der Waals surface area contributed by atoms with Gasteiger partial charge in [-0.25, -0.2) is 4.98 Å². The van der Waals surface area contributed by atoms with Gasteiger partial charge in [0.15, 0.2) is 0 Å². The lowest BCUT2D eigenvalue weighted by atomic mass is 10.1. The Balaban J connectivity index is 2.03. The number of pyridine rings is 1. The van der Waals surface area contributed by atoms with Crippen LogP contribution in [0.15, 0.2) is 36.5 Å². The van der Waals surface area contributed by atoms with Crippen LogP contribution in [-0.2, 0) is 0 Å². The van der Waals surface area contributed by atoms with Crippen molar-refractivity contribution in [3.05, 3.63) is 51.2 Å². The van der Waals surface area contributed by atoms with Crippen LogP contribution in [-0.4, -0.2) is 37.4 Å². The summed E-state index contributed by atoms with van der Waals surface area (Å²) in [5.74, 6) is 0.718. The first-order valence-electron chi connectivity index (χ1n) is 7.84. The third-order valence-corrected chi connectivity index (χ3v) is 4.30. The molecule has 0 spiro atoms. The van der Waals surface area contributed by atoms with E-state index in [1.54, 1.807) is 6.20 Å². The van der Waals surface area contributed by atoms with E-state index >= 15 is 0 Å². The van der Waals surface area contributed by atoms with Crippen LogP contribution >= 0.6 is 22.6 Å². The van der Waals surface area contributed by atoms with Gasteiger partial charge in [0.25, 0.3) is 0 Å². The number of nitrogens with zero attached hydrogens (tertiary/aromatic N) is 2. The summed E-state index contributed by atoms with van der Waals surface area (Å²) < 4.78 is 6.60. The van der Waals surface area contributed by atoms with Crippen molar-refractivity contribution in [2.75, 3.05) is 32.2 Å². The van der Waals surface area contributed by atoms with E-state index in [1.807, 2.05) is 33.2 Å². The number of aromatic nitrogens is 1. The van der Waals surface area contributed by atoms with Crippen molar-refractivity contribution in [2.45, 2.75) is 6.92 Å². The Hall–Kier alpha value is -1.60. The normalized spacial score (nSPS) is 12.4. The smallest absolute Gasteiger partial charge is 0.227 e. The molecule has 2 rings (SSSR count). The second kappa shape index (κ2) is 9.03. The Morgan fingerprint density at radius 2 is 1.88 bits per heavy atom. The second-order valence-corrected chi connectivity index (χ2v) is 7.14. The number of benzene rings is 1. The van der Waals surface area contributed by atoms with Crippen molar-refractivity contribution in [1.82, 2.24) is 4.98 Å². The summed E-state index contributed by atoms with van der Waals surface area (Å²) in [7, 11) is 4.06. The molecule has 1 unspecified atom stereocenters. The standard InChI is InChI=1S/C19H23IN2O2/c1-14(12-23)13-24-19-18(20)10-16(11-21-19)5-4-15-6-8-17(9-7-15)22(2)3/h4-11,14,23H,12-13H2,1-3H3/b5-4+/i20-4. The zero-order chi connectivity index (χ0) is 17.5. The maximum absolute atomic E-state index is 9.04. The lowest BCUT2D eigenvalue weighted by Gasteiger charge is -2.12. The maximum atomic E-state index is 9.04. The molecule has 0 bridgehead atoms. The van der Waals surface area contributed by atoms with E-state index in [4.69, 9.17) is 9.84 Å². The molecular formula is C19H23IN2O2. The molecule has 0 amide bonds. The molecule has 0 fully saturated rings. The van der Waals surface area contributed by atoms with Crippen LogP contribution in [0.25, 0.3) is 12.2 Å². The van der Waals surface area contributed by atoms with E-state index in [-0.39, 0.29) is 12.5 Å². The van der Waals surface area contributed by atoms with Crippen molar-refractivity contribution in [2.24, 2.45) is 5.92 Å². The molecule has 1 heterocycles. The number of aliphatic hydroxyl groups excluding tert-OH is 1. The second-order valence-electron chi connectivity index (χ2n) is 5.97. The van der Waals surface area contributed by atoms with Gasteiger partial charge in [0.05, 0.1) is 10.2 Å². The number of halogens is 1. The fraction of sp³-hybridized carbons (Fsp3) is 0.316. The summed E-state index contributed by atoms with van der Waals surface area (Å²) in [4.78, 5) is 6.44. The molecule has 4 nitrogen and oxygen atoms in total. The summed E-state index contributed by atoms with van der Waals surface area (Å²) in [6.45, 7) is 2.52. The molecule has 1 aromatic carbocycles. The first-order valence-corrected chi connectivity index (χ1v) is 8.92. The highest BCUT2D eigenvalue weighted by Gasteiger charge is 2.06. The van der Waals surface area contributed by atoms with E-state index in [0.29, 0.717) is 12.5 Å². The molecule has 0 aliphatic carbocycles. The zero-order valence-electron chi connectivity index (χ0n) is 14.2. The predicted molar refractivity (Wildman–Crippen MR) is 108 cm³/mol. The van der Waals surface area contributed by atoms with Gasteiger partial charge in [-0.3, -0.25) is 0 Å². The number of rotatable bonds is 7. The molecule has 0 aliphatic heterocycles. The SMILES string of the molecule is CC(CO)COc1ncc(/C=C/c2ccc(N(C)C)cc2)cc1[123I]. The number of aliphatic hydroxyl groups is 1. The summed E-state index contributed by atoms with van der Waals surface area (Å²) in [5.41, 5.74) is 3.35. The average molecular weight is 434 g/mol. The summed E-state index contributed by atoms with van der Waals surface area (Å²) in [6.07, 6.45) is 5.91. The van der Waals surface area contributed by atoms with E-state index in [2.05, 4.69) is 62.8 Å². The van der Waals surface area contributed by atoms with Gasteiger partial charge in [0.1, 0.15) is 0 Å². The lowest BCUT2D eigenvalue weighted by molar-refractivity contribution is 0.170. The van der Waals surface area contributed by atoms with Gasteiger partial charge < -0.3 is 14.7 Å². The molecule has 128 valence electrons. The van der Waals surface area contributed by atoms with Crippen molar-refractivity contribution < 1.29 is 9.84 Å². The first-order chi connectivity index (χ1) is 11.5. The minimum absolute atomic E-state index is 0.104. The van der Waals surface area contributed by atoms with Crippen molar-refractivity contribution in [1.29, 1.82) is 0 Å². The Labute approximate surface area is 157 Å². The van der Waals surface area contributed by atoms with Crippen LogP contribution in [0, 0.1) is 9.49 Å². The number of anilines is 1. The van der Waals surface area contributed by atoms with Crippen LogP contribution in [0.5, 0.6) is 5.88 Å². The Kier molecular flexibility index (Phi) is 7.05. The molecule has 1 aromatic heterocycles. The highest BCUT2D eigenvalue weighted by molar-refractivity contribution is 14.1. The first kappa shape index (κ1) is 18.7. The van der Waals surface area contributed by atoms with E-state index < -0.39 is 0 Å². The van der Waals surface area contributed by atoms with Crippen LogP contribution in [0.1, 0.15) is 18.1 Å². The van der Waals surface area contributed by atoms with Crippen molar-refractivity contribution >= 4 is 40.4 Å². The van der Waals surface area contributed by atoms with Gasteiger partial charge in [0.2, 0.25) is 5.88 Å². The molecule has 5 heteroatoms. The van der Waals surface area contributed by atoms with E-state index in [0.717, 1.165) is 14.7 Å². The van der Waals surface area contributed by atoms with Crippen LogP contribution in [0.4, 0.5) is 5.69 Å². The Morgan fingerprint density at radius 3 is 2.46 bits per heavy atom. The minimum Gasteiger partial charge on any atom is -0.477 e. The molecule has 1 atom stereocenters. The van der Waals surface area contributed by atoms with Gasteiger partial charge in [0, 0.05) is 38.5 Å². The van der Waals surface area contributed by atoms with E-state index in [1.165, 1.54) is 5.69 Å². The minimum atomic E-state index is 0.104. The van der Waals surface area contributed by atoms with E-state index in [9.17, 15) is 0 Å². The van der Waals surface area contributed by atoms with Gasteiger partial charge in [-0.2, -0.15) is 0 Å². The number of ether oxygens (including phenoxy) is 1. The van der Waals surface area contributed by atoms with Gasteiger partial charge in [-0.05, 0) is 51.9 Å². The zero-order valence-corrected chi connectivity index (χ0v) is 16.4. The fourth-order valence-electron chi connectivity index (χ4n) is 1.99. The van der Waals surface area contributed by atoms with Crippen LogP contribution in [0.2, 0.25) is 0 Å². The largest absolute Gasteiger partial charge is 0.477 e. The number of hydrogen-bond acceptors (Lipinski definition) is 4. The van der Waals surface area contributed by atoms with Crippen LogP contribution in [0.3, 0.4) is 0 Å². The monoisotopic (exact) mass is 434 g/mol. The highest BCUT2D eigenvalue weighted by Crippen LogP contribution is 2.21. The third kappa shape index (κ3) is 5.49. The average Bonchev–Trinajstić information content (AvgIpc) is 2.59. The topological polar surface area (TPSA) is 45.6 Å². The molecular weight excluding hydrogens is 411 g/mol. The molecule has 2 aromatic rings. The van der Waals surface area contributed by atoms with Crippen LogP contribution < -0.4 is 9.64 Å². The summed E-state index contributed by atoms with van der Waals surface area (Å²) >= 11 is 2.22. The fourth-order valence-corrected chi connectivity index (χ4v) is 2.64. The predicted octanol–water partition coefficient (Wildman–Crippen LogP) is 3.93. The molecule has 24 heavy (non-hydrogen) atoms. The third-order valence-electron chi connectivity index (χ3n) is 3.52. The molecule has 1 N–H and O–H groups in total. The number of hydrogen-bond donors (Lipinski definition) is 1.